The lowest BCUT2D eigenvalue weighted by atomic mass is 10.1. The van der Waals surface area contributed by atoms with Crippen LogP contribution in [0.1, 0.15) is 11.1 Å². The maximum atomic E-state index is 7.47. The molecule has 0 fully saturated rings. The van der Waals surface area contributed by atoms with E-state index in [1.54, 1.807) is 0 Å². The van der Waals surface area contributed by atoms with Gasteiger partial charge < -0.3 is 10.3 Å². The third-order valence-corrected chi connectivity index (χ3v) is 3.12. The third kappa shape index (κ3) is 3.54. The SMILES string of the molecule is Cl.Cl.N=C(N)c1cccc(Cn2cnc3ccccc32)c1. The molecule has 2 aromatic carbocycles. The molecule has 0 bridgehead atoms. The molecule has 1 heterocycles. The van der Waals surface area contributed by atoms with E-state index in [0.29, 0.717) is 0 Å². The number of imidazole rings is 1. The van der Waals surface area contributed by atoms with E-state index in [1.807, 2.05) is 48.8 Å². The maximum Gasteiger partial charge on any atom is 0.122 e. The Bertz CT molecular complexity index is 752. The second kappa shape index (κ2) is 7.11. The van der Waals surface area contributed by atoms with Crippen LogP contribution >= 0.6 is 24.8 Å². The van der Waals surface area contributed by atoms with Gasteiger partial charge in [-0.1, -0.05) is 30.3 Å². The summed E-state index contributed by atoms with van der Waals surface area (Å²) in [6.07, 6.45) is 1.84. The zero-order chi connectivity index (χ0) is 13.2. The number of benzene rings is 2. The van der Waals surface area contributed by atoms with Crippen molar-refractivity contribution >= 4 is 41.7 Å². The predicted octanol–water partition coefficient (Wildman–Crippen LogP) is 3.21. The van der Waals surface area contributed by atoms with Crippen molar-refractivity contribution in [2.24, 2.45) is 5.73 Å². The monoisotopic (exact) mass is 322 g/mol. The van der Waals surface area contributed by atoms with Crippen LogP contribution < -0.4 is 5.73 Å². The average molecular weight is 323 g/mol. The van der Waals surface area contributed by atoms with Crippen molar-refractivity contribution in [2.75, 3.05) is 0 Å². The van der Waals surface area contributed by atoms with E-state index >= 15 is 0 Å². The fourth-order valence-corrected chi connectivity index (χ4v) is 2.17. The minimum atomic E-state index is 0. The Balaban J connectivity index is 0.00000110. The van der Waals surface area contributed by atoms with Crippen LogP contribution in [-0.2, 0) is 6.54 Å². The molecule has 1 aromatic heterocycles. The lowest BCUT2D eigenvalue weighted by Crippen LogP contribution is -2.11. The van der Waals surface area contributed by atoms with Gasteiger partial charge >= 0.3 is 0 Å². The molecule has 3 aromatic rings. The summed E-state index contributed by atoms with van der Waals surface area (Å²) in [4.78, 5) is 4.37. The van der Waals surface area contributed by atoms with E-state index in [2.05, 4.69) is 15.6 Å². The molecule has 0 saturated heterocycles. The molecule has 6 heteroatoms. The highest BCUT2D eigenvalue weighted by atomic mass is 35.5. The molecular formula is C15H16Cl2N4. The molecule has 0 saturated carbocycles. The van der Waals surface area contributed by atoms with Crippen molar-refractivity contribution in [1.82, 2.24) is 9.55 Å². The van der Waals surface area contributed by atoms with Gasteiger partial charge in [0.05, 0.1) is 17.4 Å². The number of nitrogens with zero attached hydrogens (tertiary/aromatic N) is 2. The summed E-state index contributed by atoms with van der Waals surface area (Å²) < 4.78 is 2.09. The van der Waals surface area contributed by atoms with E-state index < -0.39 is 0 Å². The van der Waals surface area contributed by atoms with E-state index in [-0.39, 0.29) is 30.6 Å². The highest BCUT2D eigenvalue weighted by Gasteiger charge is 2.03. The minimum Gasteiger partial charge on any atom is -0.384 e. The summed E-state index contributed by atoms with van der Waals surface area (Å²) in [6.45, 7) is 0.724. The fourth-order valence-electron chi connectivity index (χ4n) is 2.17. The van der Waals surface area contributed by atoms with Gasteiger partial charge in [0.15, 0.2) is 0 Å². The summed E-state index contributed by atoms with van der Waals surface area (Å²) in [7, 11) is 0. The number of aromatic nitrogens is 2. The van der Waals surface area contributed by atoms with Gasteiger partial charge in [0.25, 0.3) is 0 Å². The number of amidine groups is 1. The zero-order valence-corrected chi connectivity index (χ0v) is 12.8. The number of rotatable bonds is 3. The van der Waals surface area contributed by atoms with Gasteiger partial charge in [-0.3, -0.25) is 5.41 Å². The zero-order valence-electron chi connectivity index (χ0n) is 11.2. The Hall–Kier alpha value is -2.04. The van der Waals surface area contributed by atoms with Crippen LogP contribution in [0.4, 0.5) is 0 Å². The number of fused-ring (bicyclic) bond motifs is 1. The van der Waals surface area contributed by atoms with Crippen molar-refractivity contribution in [3.8, 4) is 0 Å². The van der Waals surface area contributed by atoms with Crippen LogP contribution in [0, 0.1) is 5.41 Å². The number of para-hydroxylation sites is 2. The molecule has 0 amide bonds. The van der Waals surface area contributed by atoms with Crippen molar-refractivity contribution in [3.63, 3.8) is 0 Å². The van der Waals surface area contributed by atoms with Crippen LogP contribution in [0.15, 0.2) is 54.9 Å². The van der Waals surface area contributed by atoms with Crippen molar-refractivity contribution in [1.29, 1.82) is 5.41 Å². The standard InChI is InChI=1S/C15H14N4.2ClH/c16-15(17)12-5-3-4-11(8-12)9-19-10-18-13-6-1-2-7-14(13)19;;/h1-8,10H,9H2,(H3,16,17);2*1H. The number of nitrogen functional groups attached to an aromatic ring is 1. The lowest BCUT2D eigenvalue weighted by molar-refractivity contribution is 0.824. The van der Waals surface area contributed by atoms with Crippen LogP contribution in [-0.4, -0.2) is 15.4 Å². The van der Waals surface area contributed by atoms with Gasteiger partial charge in [-0.25, -0.2) is 4.98 Å². The van der Waals surface area contributed by atoms with Gasteiger partial charge in [0.1, 0.15) is 5.84 Å². The first-order chi connectivity index (χ1) is 9.24. The van der Waals surface area contributed by atoms with Crippen LogP contribution in [0.3, 0.4) is 0 Å². The first kappa shape index (κ1) is 17.0. The molecule has 0 radical (unpaired) electrons. The largest absolute Gasteiger partial charge is 0.384 e. The van der Waals surface area contributed by atoms with Crippen molar-refractivity contribution in [3.05, 3.63) is 66.0 Å². The molecule has 0 unspecified atom stereocenters. The van der Waals surface area contributed by atoms with Gasteiger partial charge in [-0.15, -0.1) is 24.8 Å². The maximum absolute atomic E-state index is 7.47. The lowest BCUT2D eigenvalue weighted by Gasteiger charge is -2.06. The Morgan fingerprint density at radius 1 is 1.10 bits per heavy atom. The number of nitrogens with one attached hydrogen (secondary N) is 1. The van der Waals surface area contributed by atoms with Crippen molar-refractivity contribution < 1.29 is 0 Å². The Morgan fingerprint density at radius 3 is 2.62 bits per heavy atom. The minimum absolute atomic E-state index is 0. The van der Waals surface area contributed by atoms with Gasteiger partial charge in [-0.05, 0) is 23.8 Å². The average Bonchev–Trinajstić information content (AvgIpc) is 2.83. The number of halogens is 2. The van der Waals surface area contributed by atoms with E-state index in [0.717, 1.165) is 28.7 Å². The van der Waals surface area contributed by atoms with Gasteiger partial charge in [0.2, 0.25) is 0 Å². The molecule has 0 aliphatic carbocycles. The topological polar surface area (TPSA) is 67.7 Å². The summed E-state index contributed by atoms with van der Waals surface area (Å²) in [5.41, 5.74) is 9.47. The first-order valence-electron chi connectivity index (χ1n) is 6.07. The normalized spacial score (nSPS) is 9.71. The van der Waals surface area contributed by atoms with E-state index in [9.17, 15) is 0 Å². The second-order valence-corrected chi connectivity index (χ2v) is 4.48. The summed E-state index contributed by atoms with van der Waals surface area (Å²) >= 11 is 0. The molecule has 0 spiro atoms. The first-order valence-corrected chi connectivity index (χ1v) is 6.07. The number of hydrogen-bond donors (Lipinski definition) is 2. The summed E-state index contributed by atoms with van der Waals surface area (Å²) in [5, 5.41) is 7.47. The third-order valence-electron chi connectivity index (χ3n) is 3.12. The molecule has 4 nitrogen and oxygen atoms in total. The molecule has 3 rings (SSSR count). The Labute approximate surface area is 135 Å². The van der Waals surface area contributed by atoms with E-state index in [4.69, 9.17) is 11.1 Å². The quantitative estimate of drug-likeness (QED) is 0.574. The molecule has 0 atom stereocenters. The van der Waals surface area contributed by atoms with Crippen LogP contribution in [0.5, 0.6) is 0 Å². The molecular weight excluding hydrogens is 307 g/mol. The molecule has 21 heavy (non-hydrogen) atoms. The molecule has 110 valence electrons. The molecule has 0 aliphatic rings. The van der Waals surface area contributed by atoms with Crippen LogP contribution in [0.25, 0.3) is 11.0 Å². The molecule has 3 N–H and O–H groups in total. The molecule has 0 aliphatic heterocycles. The van der Waals surface area contributed by atoms with E-state index in [1.165, 1.54) is 0 Å². The van der Waals surface area contributed by atoms with Crippen LogP contribution in [0.2, 0.25) is 0 Å². The predicted molar refractivity (Wildman–Crippen MR) is 90.8 cm³/mol. The second-order valence-electron chi connectivity index (χ2n) is 4.48. The fraction of sp³-hybridized carbons (Fsp3) is 0.0667. The highest BCUT2D eigenvalue weighted by Crippen LogP contribution is 2.14. The Morgan fingerprint density at radius 2 is 1.86 bits per heavy atom. The van der Waals surface area contributed by atoms with Gasteiger partial charge in [-0.2, -0.15) is 0 Å². The Kier molecular flexibility index (Phi) is 5.76. The van der Waals surface area contributed by atoms with Gasteiger partial charge in [0, 0.05) is 12.1 Å². The number of hydrogen-bond acceptors (Lipinski definition) is 2. The summed E-state index contributed by atoms with van der Waals surface area (Å²) in [5.74, 6) is 0.0948. The van der Waals surface area contributed by atoms with Crippen molar-refractivity contribution in [2.45, 2.75) is 6.54 Å². The highest BCUT2D eigenvalue weighted by molar-refractivity contribution is 5.95. The summed E-state index contributed by atoms with van der Waals surface area (Å²) in [6, 6.07) is 15.8. The smallest absolute Gasteiger partial charge is 0.122 e. The number of nitrogens with two attached hydrogens (primary N) is 1.